The van der Waals surface area contributed by atoms with Crippen molar-refractivity contribution in [2.24, 2.45) is 0 Å². The van der Waals surface area contributed by atoms with Crippen molar-refractivity contribution in [1.82, 2.24) is 0 Å². The van der Waals surface area contributed by atoms with Crippen molar-refractivity contribution < 1.29 is 19.1 Å². The zero-order chi connectivity index (χ0) is 22.9. The van der Waals surface area contributed by atoms with Crippen molar-refractivity contribution in [1.29, 1.82) is 5.26 Å². The standard InChI is InChI=1S/C26H20N2O4/c1-18(29)21-13-8-14-23(16-21)28-25(30)24(20-11-6-3-7-12-20)32-26(31)22(17-27)15-19-9-4-2-5-10-19/h2-16,24H,1H3,(H,28,30)/b22-15-. The Kier molecular flexibility index (Phi) is 7.29. The second kappa shape index (κ2) is 10.5. The molecule has 0 aliphatic rings. The van der Waals surface area contributed by atoms with Gasteiger partial charge in [-0.1, -0.05) is 72.8 Å². The molecule has 1 amide bonds. The smallest absolute Gasteiger partial charge is 0.350 e. The Hall–Kier alpha value is -4.50. The molecule has 1 atom stereocenters. The van der Waals surface area contributed by atoms with Crippen molar-refractivity contribution in [2.45, 2.75) is 13.0 Å². The minimum absolute atomic E-state index is 0.142. The number of nitrogens with zero attached hydrogens (tertiary/aromatic N) is 1. The first-order chi connectivity index (χ1) is 15.5. The van der Waals surface area contributed by atoms with E-state index in [0.717, 1.165) is 0 Å². The third kappa shape index (κ3) is 5.77. The third-order valence-corrected chi connectivity index (χ3v) is 4.55. The monoisotopic (exact) mass is 424 g/mol. The summed E-state index contributed by atoms with van der Waals surface area (Å²) in [5, 5.41) is 12.1. The zero-order valence-electron chi connectivity index (χ0n) is 17.3. The van der Waals surface area contributed by atoms with Crippen molar-refractivity contribution >= 4 is 29.4 Å². The Morgan fingerprint density at radius 3 is 2.22 bits per heavy atom. The van der Waals surface area contributed by atoms with Crippen LogP contribution in [0.4, 0.5) is 5.69 Å². The maximum Gasteiger partial charge on any atom is 0.350 e. The van der Waals surface area contributed by atoms with Gasteiger partial charge in [0, 0.05) is 16.8 Å². The summed E-state index contributed by atoms with van der Waals surface area (Å²) in [6, 6.07) is 25.6. The number of amides is 1. The van der Waals surface area contributed by atoms with Gasteiger partial charge in [0.1, 0.15) is 11.6 Å². The molecule has 0 saturated carbocycles. The summed E-state index contributed by atoms with van der Waals surface area (Å²) in [6.07, 6.45) is 0.107. The number of rotatable bonds is 7. The van der Waals surface area contributed by atoms with Gasteiger partial charge in [-0.05, 0) is 30.7 Å². The van der Waals surface area contributed by atoms with E-state index in [2.05, 4.69) is 5.32 Å². The van der Waals surface area contributed by atoms with Crippen LogP contribution in [-0.2, 0) is 14.3 Å². The van der Waals surface area contributed by atoms with E-state index in [0.29, 0.717) is 22.4 Å². The summed E-state index contributed by atoms with van der Waals surface area (Å²) in [5.41, 5.74) is 1.69. The minimum Gasteiger partial charge on any atom is -0.443 e. The van der Waals surface area contributed by atoms with Crippen LogP contribution < -0.4 is 5.32 Å². The number of hydrogen-bond donors (Lipinski definition) is 1. The Bertz CT molecular complexity index is 1200. The molecule has 6 heteroatoms. The molecule has 0 radical (unpaired) electrons. The van der Waals surface area contributed by atoms with Crippen molar-refractivity contribution in [3.05, 3.63) is 107 Å². The van der Waals surface area contributed by atoms with Gasteiger partial charge in [0.15, 0.2) is 5.78 Å². The number of benzene rings is 3. The molecule has 0 aromatic heterocycles. The van der Waals surface area contributed by atoms with Crippen LogP contribution in [0.2, 0.25) is 0 Å². The number of ether oxygens (including phenoxy) is 1. The number of anilines is 1. The van der Waals surface area contributed by atoms with Gasteiger partial charge in [0.2, 0.25) is 6.10 Å². The first kappa shape index (κ1) is 22.2. The summed E-state index contributed by atoms with van der Waals surface area (Å²) < 4.78 is 5.46. The molecule has 0 fully saturated rings. The summed E-state index contributed by atoms with van der Waals surface area (Å²) in [7, 11) is 0. The van der Waals surface area contributed by atoms with Gasteiger partial charge in [0.05, 0.1) is 0 Å². The van der Waals surface area contributed by atoms with Crippen LogP contribution >= 0.6 is 0 Å². The van der Waals surface area contributed by atoms with E-state index in [4.69, 9.17) is 4.74 Å². The number of nitrogens with one attached hydrogen (secondary N) is 1. The van der Waals surface area contributed by atoms with Crippen LogP contribution in [0.1, 0.15) is 34.5 Å². The fourth-order valence-electron chi connectivity index (χ4n) is 2.95. The summed E-state index contributed by atoms with van der Waals surface area (Å²) in [4.78, 5) is 37.4. The van der Waals surface area contributed by atoms with E-state index in [1.54, 1.807) is 78.9 Å². The lowest BCUT2D eigenvalue weighted by Crippen LogP contribution is -2.26. The van der Waals surface area contributed by atoms with Crippen molar-refractivity contribution in [3.8, 4) is 6.07 Å². The lowest BCUT2D eigenvalue weighted by molar-refractivity contribution is -0.150. The summed E-state index contributed by atoms with van der Waals surface area (Å²) in [6.45, 7) is 1.43. The van der Waals surface area contributed by atoms with Gasteiger partial charge in [-0.15, -0.1) is 0 Å². The van der Waals surface area contributed by atoms with Crippen LogP contribution in [0.15, 0.2) is 90.5 Å². The molecular formula is C26H20N2O4. The molecule has 0 spiro atoms. The molecule has 3 aromatic rings. The number of carbonyl (C=O) groups excluding carboxylic acids is 3. The van der Waals surface area contributed by atoms with Gasteiger partial charge < -0.3 is 10.1 Å². The SMILES string of the molecule is CC(=O)c1cccc(NC(=O)C(OC(=O)/C(C#N)=C\c2ccccc2)c2ccccc2)c1. The van der Waals surface area contributed by atoms with Gasteiger partial charge in [-0.3, -0.25) is 9.59 Å². The van der Waals surface area contributed by atoms with E-state index in [9.17, 15) is 19.6 Å². The third-order valence-electron chi connectivity index (χ3n) is 4.55. The van der Waals surface area contributed by atoms with Gasteiger partial charge in [-0.2, -0.15) is 5.26 Å². The van der Waals surface area contributed by atoms with Crippen LogP contribution in [0.25, 0.3) is 6.08 Å². The van der Waals surface area contributed by atoms with E-state index in [1.807, 2.05) is 12.1 Å². The molecule has 0 aliphatic carbocycles. The maximum absolute atomic E-state index is 13.0. The topological polar surface area (TPSA) is 96.3 Å². The molecule has 0 aliphatic heterocycles. The minimum atomic E-state index is -1.29. The molecular weight excluding hydrogens is 404 g/mol. The summed E-state index contributed by atoms with van der Waals surface area (Å²) >= 11 is 0. The Balaban J connectivity index is 1.86. The molecule has 1 unspecified atom stereocenters. The Morgan fingerprint density at radius 2 is 1.59 bits per heavy atom. The van der Waals surface area contributed by atoms with E-state index in [1.165, 1.54) is 13.0 Å². The molecule has 3 aromatic carbocycles. The van der Waals surface area contributed by atoms with E-state index < -0.39 is 18.0 Å². The molecule has 3 rings (SSSR count). The van der Waals surface area contributed by atoms with Gasteiger partial charge in [-0.25, -0.2) is 4.79 Å². The van der Waals surface area contributed by atoms with E-state index in [-0.39, 0.29) is 11.4 Å². The molecule has 0 heterocycles. The van der Waals surface area contributed by atoms with Crippen LogP contribution in [0.5, 0.6) is 0 Å². The van der Waals surface area contributed by atoms with Crippen LogP contribution in [0.3, 0.4) is 0 Å². The van der Waals surface area contributed by atoms with Crippen LogP contribution in [0, 0.1) is 11.3 Å². The fraction of sp³-hybridized carbons (Fsp3) is 0.0769. The predicted molar refractivity (Wildman–Crippen MR) is 120 cm³/mol. The molecule has 32 heavy (non-hydrogen) atoms. The average molecular weight is 424 g/mol. The lowest BCUT2D eigenvalue weighted by atomic mass is 10.1. The number of nitriles is 1. The average Bonchev–Trinajstić information content (AvgIpc) is 2.82. The number of ketones is 1. The highest BCUT2D eigenvalue weighted by molar-refractivity contribution is 6.02. The summed E-state index contributed by atoms with van der Waals surface area (Å²) in [5.74, 6) is -1.67. The molecule has 0 bridgehead atoms. The van der Waals surface area contributed by atoms with Crippen molar-refractivity contribution in [3.63, 3.8) is 0 Å². The highest BCUT2D eigenvalue weighted by Crippen LogP contribution is 2.22. The lowest BCUT2D eigenvalue weighted by Gasteiger charge is -2.18. The van der Waals surface area contributed by atoms with Crippen LogP contribution in [-0.4, -0.2) is 17.7 Å². The molecule has 1 N–H and O–H groups in total. The first-order valence-electron chi connectivity index (χ1n) is 9.82. The number of esters is 1. The van der Waals surface area contributed by atoms with Crippen molar-refractivity contribution in [2.75, 3.05) is 5.32 Å². The van der Waals surface area contributed by atoms with Gasteiger partial charge in [0.25, 0.3) is 5.91 Å². The second-order valence-corrected chi connectivity index (χ2v) is 6.90. The normalized spacial score (nSPS) is 11.7. The molecule has 6 nitrogen and oxygen atoms in total. The van der Waals surface area contributed by atoms with E-state index >= 15 is 0 Å². The number of hydrogen-bond acceptors (Lipinski definition) is 5. The first-order valence-corrected chi connectivity index (χ1v) is 9.82. The quantitative estimate of drug-likeness (QED) is 0.256. The molecule has 158 valence electrons. The Labute approximate surface area is 185 Å². The Morgan fingerprint density at radius 1 is 0.938 bits per heavy atom. The highest BCUT2D eigenvalue weighted by atomic mass is 16.5. The van der Waals surface area contributed by atoms with Gasteiger partial charge >= 0.3 is 5.97 Å². The second-order valence-electron chi connectivity index (χ2n) is 6.90. The largest absolute Gasteiger partial charge is 0.443 e. The zero-order valence-corrected chi connectivity index (χ0v) is 17.3. The number of Topliss-reactive ketones (excluding diaryl/α,β-unsaturated/α-hetero) is 1. The highest BCUT2D eigenvalue weighted by Gasteiger charge is 2.27. The molecule has 0 saturated heterocycles. The fourth-order valence-corrected chi connectivity index (χ4v) is 2.95. The number of carbonyl (C=O) groups is 3. The maximum atomic E-state index is 13.0. The predicted octanol–water partition coefficient (Wildman–Crippen LogP) is 4.72.